The second kappa shape index (κ2) is 6.91. The smallest absolute Gasteiger partial charge is 0.422 e. The van der Waals surface area contributed by atoms with Gasteiger partial charge in [0.1, 0.15) is 16.7 Å². The monoisotopic (exact) mass is 346 g/mol. The van der Waals surface area contributed by atoms with Gasteiger partial charge in [0.15, 0.2) is 6.61 Å². The van der Waals surface area contributed by atoms with Crippen LogP contribution in [0.15, 0.2) is 30.3 Å². The van der Waals surface area contributed by atoms with Crippen LogP contribution in [0.25, 0.3) is 0 Å². The quantitative estimate of drug-likeness (QED) is 0.805. The number of anilines is 2. The molecular formula is C14H14ClF3N4O. The third-order valence-corrected chi connectivity index (χ3v) is 3.05. The number of rotatable bonds is 5. The first-order valence-corrected chi connectivity index (χ1v) is 6.97. The van der Waals surface area contributed by atoms with Crippen molar-refractivity contribution in [2.75, 3.05) is 17.7 Å². The molecule has 3 N–H and O–H groups in total. The minimum absolute atomic E-state index is 0.0445. The van der Waals surface area contributed by atoms with Crippen molar-refractivity contribution in [1.29, 1.82) is 0 Å². The Bertz CT molecular complexity index is 644. The minimum atomic E-state index is -4.36. The summed E-state index contributed by atoms with van der Waals surface area (Å²) in [4.78, 5) is 7.74. The molecule has 124 valence electrons. The average Bonchev–Trinajstić information content (AvgIpc) is 2.43. The Kier molecular flexibility index (Phi) is 5.15. The molecule has 2 rings (SSSR count). The number of nitrogens with zero attached hydrogens (tertiary/aromatic N) is 2. The van der Waals surface area contributed by atoms with E-state index in [9.17, 15) is 13.2 Å². The number of aromatic nitrogens is 2. The first-order valence-electron chi connectivity index (χ1n) is 6.59. The van der Waals surface area contributed by atoms with Crippen LogP contribution < -0.4 is 15.8 Å². The molecule has 0 radical (unpaired) electrons. The van der Waals surface area contributed by atoms with E-state index in [-0.39, 0.29) is 22.9 Å². The summed E-state index contributed by atoms with van der Waals surface area (Å²) in [5.74, 6) is 0.642. The summed E-state index contributed by atoms with van der Waals surface area (Å²) in [6.07, 6.45) is -4.36. The number of ether oxygens (including phenoxy) is 1. The molecule has 0 aliphatic carbocycles. The van der Waals surface area contributed by atoms with Crippen LogP contribution in [0.5, 0.6) is 5.75 Å². The van der Waals surface area contributed by atoms with Gasteiger partial charge in [-0.1, -0.05) is 23.7 Å². The van der Waals surface area contributed by atoms with Crippen molar-refractivity contribution in [2.45, 2.75) is 19.1 Å². The van der Waals surface area contributed by atoms with Crippen LogP contribution in [0.1, 0.15) is 18.5 Å². The Morgan fingerprint density at radius 3 is 2.48 bits per heavy atom. The maximum absolute atomic E-state index is 12.1. The standard InChI is InChI=1S/C14H14ClF3N4O/c1-8(20-12-6-11(15)21-13(19)22-12)9-2-4-10(5-3-9)23-7-14(16,17)18/h2-6,8H,7H2,1H3,(H3,19,20,21,22). The van der Waals surface area contributed by atoms with Crippen molar-refractivity contribution in [3.05, 3.63) is 41.0 Å². The first-order chi connectivity index (χ1) is 10.7. The molecule has 0 amide bonds. The molecule has 1 heterocycles. The van der Waals surface area contributed by atoms with E-state index < -0.39 is 12.8 Å². The molecule has 1 unspecified atom stereocenters. The second-order valence-electron chi connectivity index (χ2n) is 4.77. The van der Waals surface area contributed by atoms with Gasteiger partial charge in [-0.15, -0.1) is 0 Å². The fourth-order valence-corrected chi connectivity index (χ4v) is 2.02. The van der Waals surface area contributed by atoms with Crippen LogP contribution in [0.4, 0.5) is 24.9 Å². The summed E-state index contributed by atoms with van der Waals surface area (Å²) in [7, 11) is 0. The molecule has 1 aromatic carbocycles. The van der Waals surface area contributed by atoms with E-state index in [0.717, 1.165) is 5.56 Å². The zero-order valence-corrected chi connectivity index (χ0v) is 12.8. The van der Waals surface area contributed by atoms with Crippen molar-refractivity contribution in [3.63, 3.8) is 0 Å². The van der Waals surface area contributed by atoms with Crippen LogP contribution in [0.3, 0.4) is 0 Å². The lowest BCUT2D eigenvalue weighted by Crippen LogP contribution is -2.19. The summed E-state index contributed by atoms with van der Waals surface area (Å²) >= 11 is 5.79. The largest absolute Gasteiger partial charge is 0.484 e. The maximum atomic E-state index is 12.1. The highest BCUT2D eigenvalue weighted by atomic mass is 35.5. The first kappa shape index (κ1) is 17.1. The van der Waals surface area contributed by atoms with Crippen molar-refractivity contribution >= 4 is 23.4 Å². The molecule has 0 bridgehead atoms. The third kappa shape index (κ3) is 5.48. The molecule has 1 aromatic heterocycles. The Hall–Kier alpha value is -2.22. The molecule has 1 atom stereocenters. The van der Waals surface area contributed by atoms with Crippen LogP contribution in [-0.4, -0.2) is 22.8 Å². The zero-order chi connectivity index (χ0) is 17.0. The zero-order valence-electron chi connectivity index (χ0n) is 12.1. The predicted molar refractivity (Wildman–Crippen MR) is 81.5 cm³/mol. The van der Waals surface area contributed by atoms with Gasteiger partial charge in [-0.25, -0.2) is 4.98 Å². The van der Waals surface area contributed by atoms with Gasteiger partial charge in [0.05, 0.1) is 0 Å². The van der Waals surface area contributed by atoms with E-state index in [4.69, 9.17) is 17.3 Å². The molecule has 9 heteroatoms. The van der Waals surface area contributed by atoms with Gasteiger partial charge in [0.2, 0.25) is 5.95 Å². The van der Waals surface area contributed by atoms with E-state index in [1.807, 2.05) is 6.92 Å². The van der Waals surface area contributed by atoms with E-state index >= 15 is 0 Å². The Balaban J connectivity index is 2.01. The molecule has 5 nitrogen and oxygen atoms in total. The molecular weight excluding hydrogens is 333 g/mol. The van der Waals surface area contributed by atoms with Crippen LogP contribution >= 0.6 is 11.6 Å². The van der Waals surface area contributed by atoms with Crippen molar-refractivity contribution < 1.29 is 17.9 Å². The number of nitrogens with two attached hydrogens (primary N) is 1. The number of hydrogen-bond acceptors (Lipinski definition) is 5. The molecule has 0 aliphatic heterocycles. The van der Waals surface area contributed by atoms with Gasteiger partial charge >= 0.3 is 6.18 Å². The Morgan fingerprint density at radius 1 is 1.26 bits per heavy atom. The van der Waals surface area contributed by atoms with Crippen LogP contribution in [-0.2, 0) is 0 Å². The normalized spacial score (nSPS) is 12.7. The van der Waals surface area contributed by atoms with Crippen LogP contribution in [0.2, 0.25) is 5.15 Å². The van der Waals surface area contributed by atoms with Crippen LogP contribution in [0, 0.1) is 0 Å². The van der Waals surface area contributed by atoms with E-state index in [0.29, 0.717) is 5.82 Å². The van der Waals surface area contributed by atoms with E-state index in [2.05, 4.69) is 20.0 Å². The molecule has 0 aliphatic rings. The van der Waals surface area contributed by atoms with Gasteiger partial charge in [-0.05, 0) is 24.6 Å². The van der Waals surface area contributed by atoms with E-state index in [1.54, 1.807) is 12.1 Å². The summed E-state index contributed by atoms with van der Waals surface area (Å²) in [5, 5.41) is 3.29. The fraction of sp³-hybridized carbons (Fsp3) is 0.286. The number of halogens is 4. The van der Waals surface area contributed by atoms with Gasteiger partial charge in [-0.3, -0.25) is 0 Å². The van der Waals surface area contributed by atoms with Gasteiger partial charge in [-0.2, -0.15) is 18.2 Å². The molecule has 0 saturated heterocycles. The highest BCUT2D eigenvalue weighted by Gasteiger charge is 2.28. The number of benzene rings is 1. The molecule has 0 fully saturated rings. The lowest BCUT2D eigenvalue weighted by Gasteiger charge is -2.16. The lowest BCUT2D eigenvalue weighted by molar-refractivity contribution is -0.153. The maximum Gasteiger partial charge on any atom is 0.422 e. The van der Waals surface area contributed by atoms with Crippen molar-refractivity contribution in [2.24, 2.45) is 0 Å². The van der Waals surface area contributed by atoms with Gasteiger partial charge in [0.25, 0.3) is 0 Å². The van der Waals surface area contributed by atoms with Gasteiger partial charge in [0, 0.05) is 12.1 Å². The SMILES string of the molecule is CC(Nc1cc(Cl)nc(N)n1)c1ccc(OCC(F)(F)F)cc1. The fourth-order valence-electron chi connectivity index (χ4n) is 1.83. The summed E-state index contributed by atoms with van der Waals surface area (Å²) in [6, 6.07) is 7.62. The Labute approximate surface area is 135 Å². The summed E-state index contributed by atoms with van der Waals surface area (Å²) in [5.41, 5.74) is 6.34. The topological polar surface area (TPSA) is 73.1 Å². The molecule has 2 aromatic rings. The highest BCUT2D eigenvalue weighted by Crippen LogP contribution is 2.23. The summed E-state index contributed by atoms with van der Waals surface area (Å²) in [6.45, 7) is 0.538. The number of nitrogen functional groups attached to an aromatic ring is 1. The molecule has 23 heavy (non-hydrogen) atoms. The molecule has 0 saturated carbocycles. The molecule has 0 spiro atoms. The number of alkyl halides is 3. The number of nitrogens with one attached hydrogen (secondary N) is 1. The van der Waals surface area contributed by atoms with Gasteiger partial charge < -0.3 is 15.8 Å². The minimum Gasteiger partial charge on any atom is -0.484 e. The highest BCUT2D eigenvalue weighted by molar-refractivity contribution is 6.29. The van der Waals surface area contributed by atoms with Crippen molar-refractivity contribution in [3.8, 4) is 5.75 Å². The Morgan fingerprint density at radius 2 is 1.91 bits per heavy atom. The number of hydrogen-bond donors (Lipinski definition) is 2. The second-order valence-corrected chi connectivity index (χ2v) is 5.16. The summed E-state index contributed by atoms with van der Waals surface area (Å²) < 4.78 is 40.9. The average molecular weight is 347 g/mol. The van der Waals surface area contributed by atoms with E-state index in [1.165, 1.54) is 18.2 Å². The predicted octanol–water partition coefficient (Wildman–Crippen LogP) is 3.83. The van der Waals surface area contributed by atoms with Crippen molar-refractivity contribution in [1.82, 2.24) is 9.97 Å². The lowest BCUT2D eigenvalue weighted by atomic mass is 10.1. The third-order valence-electron chi connectivity index (χ3n) is 2.86.